The molecule has 1 aromatic heterocycles. The number of hydrogen-bond donors (Lipinski definition) is 0. The van der Waals surface area contributed by atoms with Crippen molar-refractivity contribution in [3.05, 3.63) is 72.4 Å². The zero-order chi connectivity index (χ0) is 12.2. The lowest BCUT2D eigenvalue weighted by Gasteiger charge is -2.05. The summed E-state index contributed by atoms with van der Waals surface area (Å²) >= 11 is 1.86. The first-order valence-electron chi connectivity index (χ1n) is 5.94. The van der Waals surface area contributed by atoms with Crippen molar-refractivity contribution in [3.63, 3.8) is 0 Å². The molecule has 0 radical (unpaired) electrons. The molecule has 0 unspecified atom stereocenters. The molecule has 18 heavy (non-hydrogen) atoms. The smallest absolute Gasteiger partial charge is 0.0713 e. The Morgan fingerprint density at radius 3 is 2.61 bits per heavy atom. The van der Waals surface area contributed by atoms with Crippen molar-refractivity contribution in [2.75, 3.05) is 0 Å². The van der Waals surface area contributed by atoms with Crippen molar-refractivity contribution in [1.82, 2.24) is 4.98 Å². The van der Waals surface area contributed by atoms with Crippen LogP contribution in [0.15, 0.2) is 71.8 Å². The van der Waals surface area contributed by atoms with Gasteiger partial charge in [0, 0.05) is 22.2 Å². The Morgan fingerprint density at radius 1 is 0.833 bits per heavy atom. The van der Waals surface area contributed by atoms with Gasteiger partial charge >= 0.3 is 0 Å². The topological polar surface area (TPSA) is 12.9 Å². The monoisotopic (exact) mass is 251 g/mol. The molecule has 0 aliphatic heterocycles. The molecule has 2 aromatic carbocycles. The molecule has 0 atom stereocenters. The number of fused-ring (bicyclic) bond motifs is 1. The zero-order valence-corrected chi connectivity index (χ0v) is 10.7. The van der Waals surface area contributed by atoms with Crippen LogP contribution in [0.25, 0.3) is 10.9 Å². The highest BCUT2D eigenvalue weighted by Crippen LogP contribution is 2.29. The molecular formula is C16H13NS. The average Bonchev–Trinajstić information content (AvgIpc) is 2.46. The first-order valence-corrected chi connectivity index (χ1v) is 6.92. The van der Waals surface area contributed by atoms with Crippen molar-refractivity contribution in [2.45, 2.75) is 10.6 Å². The minimum atomic E-state index is 0.995. The van der Waals surface area contributed by atoms with Gasteiger partial charge in [0.05, 0.1) is 5.52 Å². The van der Waals surface area contributed by atoms with Gasteiger partial charge in [-0.3, -0.25) is 4.98 Å². The van der Waals surface area contributed by atoms with Crippen LogP contribution in [0, 0.1) is 0 Å². The molecule has 0 saturated carbocycles. The SMILES string of the molecule is c1ccc(CSc2cccc3ncccc23)cc1. The van der Waals surface area contributed by atoms with Crippen LogP contribution in [0.1, 0.15) is 5.56 Å². The predicted molar refractivity (Wildman–Crippen MR) is 77.7 cm³/mol. The fourth-order valence-corrected chi connectivity index (χ4v) is 2.95. The summed E-state index contributed by atoms with van der Waals surface area (Å²) in [7, 11) is 0. The Bertz CT molecular complexity index is 644. The van der Waals surface area contributed by atoms with Crippen molar-refractivity contribution < 1.29 is 0 Å². The zero-order valence-electron chi connectivity index (χ0n) is 9.91. The lowest BCUT2D eigenvalue weighted by molar-refractivity contribution is 1.37. The third kappa shape index (κ3) is 2.39. The third-order valence-corrected chi connectivity index (χ3v) is 3.99. The van der Waals surface area contributed by atoms with Crippen molar-refractivity contribution >= 4 is 22.7 Å². The van der Waals surface area contributed by atoms with E-state index in [-0.39, 0.29) is 0 Å². The van der Waals surface area contributed by atoms with Gasteiger partial charge in [0.25, 0.3) is 0 Å². The second kappa shape index (κ2) is 5.23. The van der Waals surface area contributed by atoms with E-state index in [0.717, 1.165) is 11.3 Å². The van der Waals surface area contributed by atoms with Crippen LogP contribution in [-0.4, -0.2) is 4.98 Å². The number of benzene rings is 2. The molecule has 88 valence electrons. The summed E-state index contributed by atoms with van der Waals surface area (Å²) < 4.78 is 0. The number of rotatable bonds is 3. The van der Waals surface area contributed by atoms with E-state index in [9.17, 15) is 0 Å². The molecule has 0 amide bonds. The minimum Gasteiger partial charge on any atom is -0.256 e. The number of pyridine rings is 1. The molecule has 0 fully saturated rings. The highest BCUT2D eigenvalue weighted by atomic mass is 32.2. The first kappa shape index (κ1) is 11.3. The average molecular weight is 251 g/mol. The fraction of sp³-hybridized carbons (Fsp3) is 0.0625. The van der Waals surface area contributed by atoms with E-state index in [4.69, 9.17) is 0 Å². The van der Waals surface area contributed by atoms with Gasteiger partial charge in [0.15, 0.2) is 0 Å². The summed E-state index contributed by atoms with van der Waals surface area (Å²) in [4.78, 5) is 5.68. The Labute approximate surface area is 111 Å². The number of aromatic nitrogens is 1. The molecule has 0 aliphatic rings. The van der Waals surface area contributed by atoms with Gasteiger partial charge in [-0.1, -0.05) is 42.5 Å². The van der Waals surface area contributed by atoms with E-state index in [1.165, 1.54) is 15.8 Å². The Balaban J connectivity index is 1.87. The third-order valence-electron chi connectivity index (χ3n) is 2.84. The van der Waals surface area contributed by atoms with Gasteiger partial charge in [-0.2, -0.15) is 0 Å². The fourth-order valence-electron chi connectivity index (χ4n) is 1.94. The second-order valence-corrected chi connectivity index (χ2v) is 5.12. The van der Waals surface area contributed by atoms with E-state index in [1.807, 2.05) is 24.0 Å². The summed E-state index contributed by atoms with van der Waals surface area (Å²) in [6, 6.07) is 21.0. The van der Waals surface area contributed by atoms with Crippen LogP contribution in [0.4, 0.5) is 0 Å². The maximum atomic E-state index is 4.38. The van der Waals surface area contributed by atoms with Gasteiger partial charge in [-0.25, -0.2) is 0 Å². The van der Waals surface area contributed by atoms with Crippen LogP contribution >= 0.6 is 11.8 Å². The van der Waals surface area contributed by atoms with E-state index in [2.05, 4.69) is 59.6 Å². The van der Waals surface area contributed by atoms with Crippen LogP contribution in [0.2, 0.25) is 0 Å². The van der Waals surface area contributed by atoms with Crippen LogP contribution < -0.4 is 0 Å². The van der Waals surface area contributed by atoms with Gasteiger partial charge < -0.3 is 0 Å². The number of nitrogens with zero attached hydrogens (tertiary/aromatic N) is 1. The Morgan fingerprint density at radius 2 is 1.72 bits per heavy atom. The Kier molecular flexibility index (Phi) is 3.29. The minimum absolute atomic E-state index is 0.995. The van der Waals surface area contributed by atoms with Gasteiger partial charge in [-0.15, -0.1) is 11.8 Å². The van der Waals surface area contributed by atoms with E-state index < -0.39 is 0 Å². The Hall–Kier alpha value is -1.80. The normalized spacial score (nSPS) is 10.7. The number of thioether (sulfide) groups is 1. The van der Waals surface area contributed by atoms with E-state index in [1.54, 1.807) is 0 Å². The van der Waals surface area contributed by atoms with Crippen molar-refractivity contribution in [2.24, 2.45) is 0 Å². The molecule has 0 spiro atoms. The van der Waals surface area contributed by atoms with E-state index >= 15 is 0 Å². The van der Waals surface area contributed by atoms with Crippen LogP contribution in [-0.2, 0) is 5.75 Å². The van der Waals surface area contributed by atoms with Crippen molar-refractivity contribution in [1.29, 1.82) is 0 Å². The maximum Gasteiger partial charge on any atom is 0.0713 e. The van der Waals surface area contributed by atoms with E-state index in [0.29, 0.717) is 0 Å². The molecule has 1 nitrogen and oxygen atoms in total. The van der Waals surface area contributed by atoms with Crippen molar-refractivity contribution in [3.8, 4) is 0 Å². The molecule has 0 saturated heterocycles. The van der Waals surface area contributed by atoms with Crippen LogP contribution in [0.5, 0.6) is 0 Å². The quantitative estimate of drug-likeness (QED) is 0.634. The highest BCUT2D eigenvalue weighted by Gasteiger charge is 2.01. The number of hydrogen-bond acceptors (Lipinski definition) is 2. The maximum absolute atomic E-state index is 4.38. The highest BCUT2D eigenvalue weighted by molar-refractivity contribution is 7.98. The second-order valence-electron chi connectivity index (χ2n) is 4.10. The molecule has 2 heteroatoms. The molecular weight excluding hydrogens is 238 g/mol. The molecule has 3 rings (SSSR count). The molecule has 0 aliphatic carbocycles. The van der Waals surface area contributed by atoms with Crippen LogP contribution in [0.3, 0.4) is 0 Å². The summed E-state index contributed by atoms with van der Waals surface area (Å²) in [5, 5.41) is 1.24. The largest absolute Gasteiger partial charge is 0.256 e. The summed E-state index contributed by atoms with van der Waals surface area (Å²) in [5.41, 5.74) is 2.42. The summed E-state index contributed by atoms with van der Waals surface area (Å²) in [5.74, 6) is 0.995. The lowest BCUT2D eigenvalue weighted by atomic mass is 10.2. The summed E-state index contributed by atoms with van der Waals surface area (Å²) in [6.45, 7) is 0. The first-order chi connectivity index (χ1) is 8.93. The standard InChI is InChI=1S/C16H13NS/c1-2-6-13(7-3-1)12-18-16-10-4-9-15-14(16)8-5-11-17-15/h1-11H,12H2. The molecule has 0 N–H and O–H groups in total. The predicted octanol–water partition coefficient (Wildman–Crippen LogP) is 4.53. The summed E-state index contributed by atoms with van der Waals surface area (Å²) in [6.07, 6.45) is 1.84. The van der Waals surface area contributed by atoms with Gasteiger partial charge in [-0.05, 0) is 23.8 Å². The van der Waals surface area contributed by atoms with Gasteiger partial charge in [0.2, 0.25) is 0 Å². The van der Waals surface area contributed by atoms with Gasteiger partial charge in [0.1, 0.15) is 0 Å². The molecule has 0 bridgehead atoms. The molecule has 1 heterocycles. The molecule has 3 aromatic rings. The lowest BCUT2D eigenvalue weighted by Crippen LogP contribution is -1.83.